The van der Waals surface area contributed by atoms with E-state index < -0.39 is 6.10 Å². The fourth-order valence-electron chi connectivity index (χ4n) is 1.07. The molecule has 68 valence electrons. The van der Waals surface area contributed by atoms with Crippen LogP contribution in [0.1, 0.15) is 32.1 Å². The second-order valence-electron chi connectivity index (χ2n) is 3.29. The highest BCUT2D eigenvalue weighted by Crippen LogP contribution is 2.24. The molecule has 0 saturated heterocycles. The molecule has 3 heteroatoms. The molecule has 0 fully saturated rings. The predicted octanol–water partition coefficient (Wildman–Crippen LogP) is 3.12. The van der Waals surface area contributed by atoms with Crippen LogP contribution in [0.3, 0.4) is 0 Å². The van der Waals surface area contributed by atoms with Crippen LogP contribution in [0.4, 0.5) is 0 Å². The first-order chi connectivity index (χ1) is 5.59. The summed E-state index contributed by atoms with van der Waals surface area (Å²) < 4.78 is 5.88. The van der Waals surface area contributed by atoms with E-state index in [1.807, 2.05) is 0 Å². The minimum Gasteiger partial charge on any atom is -0.452 e. The first kappa shape index (κ1) is 9.81. The number of aliphatic hydroxyl groups excluding tert-OH is 1. The summed E-state index contributed by atoms with van der Waals surface area (Å²) in [5.41, 5.74) is 0. The van der Waals surface area contributed by atoms with Crippen LogP contribution in [0.2, 0.25) is 0 Å². The molecule has 0 aliphatic carbocycles. The van der Waals surface area contributed by atoms with E-state index in [-0.39, 0.29) is 0 Å². The molecule has 0 aliphatic rings. The summed E-state index contributed by atoms with van der Waals surface area (Å²) in [7, 11) is 0. The molecule has 0 aliphatic heterocycles. The topological polar surface area (TPSA) is 33.4 Å². The molecule has 1 aromatic rings. The summed E-state index contributed by atoms with van der Waals surface area (Å²) in [6.45, 7) is 4.14. The molecule has 2 nitrogen and oxygen atoms in total. The zero-order chi connectivity index (χ0) is 9.14. The van der Waals surface area contributed by atoms with Crippen LogP contribution < -0.4 is 0 Å². The van der Waals surface area contributed by atoms with Gasteiger partial charge in [0.2, 0.25) is 0 Å². The van der Waals surface area contributed by atoms with Crippen LogP contribution in [-0.2, 0) is 0 Å². The molecular formula is C9H13BrO2. The fourth-order valence-corrected chi connectivity index (χ4v) is 1.39. The van der Waals surface area contributed by atoms with E-state index in [9.17, 15) is 5.11 Å². The van der Waals surface area contributed by atoms with E-state index in [0.717, 1.165) is 6.42 Å². The largest absolute Gasteiger partial charge is 0.452 e. The van der Waals surface area contributed by atoms with Crippen molar-refractivity contribution in [1.29, 1.82) is 0 Å². The molecule has 0 amide bonds. The van der Waals surface area contributed by atoms with Crippen molar-refractivity contribution in [1.82, 2.24) is 0 Å². The summed E-state index contributed by atoms with van der Waals surface area (Å²) >= 11 is 3.19. The quantitative estimate of drug-likeness (QED) is 0.869. The van der Waals surface area contributed by atoms with Crippen molar-refractivity contribution in [3.05, 3.63) is 22.6 Å². The standard InChI is InChI=1S/C9H13BrO2/c1-6(2)5-7(11)8-3-4-9(10)12-8/h3-4,6-7,11H,5H2,1-2H3. The third-order valence-electron chi connectivity index (χ3n) is 1.62. The second kappa shape index (κ2) is 4.10. The third kappa shape index (κ3) is 2.64. The van der Waals surface area contributed by atoms with Crippen molar-refractivity contribution in [2.24, 2.45) is 5.92 Å². The van der Waals surface area contributed by atoms with Gasteiger partial charge < -0.3 is 9.52 Å². The maximum atomic E-state index is 9.59. The normalized spacial score (nSPS) is 13.8. The van der Waals surface area contributed by atoms with E-state index >= 15 is 0 Å². The summed E-state index contributed by atoms with van der Waals surface area (Å²) in [6, 6.07) is 3.58. The second-order valence-corrected chi connectivity index (χ2v) is 4.07. The Balaban J connectivity index is 2.58. The zero-order valence-corrected chi connectivity index (χ0v) is 8.84. The average Bonchev–Trinajstić information content (AvgIpc) is 2.34. The minimum atomic E-state index is -0.476. The van der Waals surface area contributed by atoms with Crippen molar-refractivity contribution in [3.63, 3.8) is 0 Å². The number of hydrogen-bond acceptors (Lipinski definition) is 2. The Hall–Kier alpha value is -0.280. The van der Waals surface area contributed by atoms with E-state index in [0.29, 0.717) is 16.3 Å². The first-order valence-electron chi connectivity index (χ1n) is 4.03. The molecule has 1 heterocycles. The van der Waals surface area contributed by atoms with Gasteiger partial charge in [0.25, 0.3) is 0 Å². The monoisotopic (exact) mass is 232 g/mol. The van der Waals surface area contributed by atoms with Gasteiger partial charge in [-0.15, -0.1) is 0 Å². The molecule has 0 radical (unpaired) electrons. The van der Waals surface area contributed by atoms with Crippen LogP contribution in [0.25, 0.3) is 0 Å². The lowest BCUT2D eigenvalue weighted by molar-refractivity contribution is 0.124. The Morgan fingerprint density at radius 1 is 1.50 bits per heavy atom. The van der Waals surface area contributed by atoms with Gasteiger partial charge >= 0.3 is 0 Å². The lowest BCUT2D eigenvalue weighted by Crippen LogP contribution is -2.00. The molecule has 0 saturated carbocycles. The molecule has 0 spiro atoms. The maximum absolute atomic E-state index is 9.59. The molecule has 1 atom stereocenters. The molecular weight excluding hydrogens is 220 g/mol. The van der Waals surface area contributed by atoms with Gasteiger partial charge in [-0.05, 0) is 40.4 Å². The highest BCUT2D eigenvalue weighted by Gasteiger charge is 2.12. The highest BCUT2D eigenvalue weighted by molar-refractivity contribution is 9.10. The van der Waals surface area contributed by atoms with Crippen molar-refractivity contribution in [2.45, 2.75) is 26.4 Å². The van der Waals surface area contributed by atoms with Crippen molar-refractivity contribution < 1.29 is 9.52 Å². The smallest absolute Gasteiger partial charge is 0.169 e. The summed E-state index contributed by atoms with van der Waals surface area (Å²) in [5, 5.41) is 9.59. The van der Waals surface area contributed by atoms with Gasteiger partial charge in [0.15, 0.2) is 4.67 Å². The van der Waals surface area contributed by atoms with Crippen LogP contribution >= 0.6 is 15.9 Å². The Kier molecular flexibility index (Phi) is 3.35. The Labute approximate surface area is 80.7 Å². The number of hydrogen-bond donors (Lipinski definition) is 1. The van der Waals surface area contributed by atoms with Crippen LogP contribution in [-0.4, -0.2) is 5.11 Å². The molecule has 12 heavy (non-hydrogen) atoms. The Morgan fingerprint density at radius 3 is 2.58 bits per heavy atom. The van der Waals surface area contributed by atoms with Gasteiger partial charge in [-0.3, -0.25) is 0 Å². The highest BCUT2D eigenvalue weighted by atomic mass is 79.9. The van der Waals surface area contributed by atoms with E-state index in [4.69, 9.17) is 4.42 Å². The van der Waals surface area contributed by atoms with Crippen molar-refractivity contribution >= 4 is 15.9 Å². The number of halogens is 1. The average molecular weight is 233 g/mol. The summed E-state index contributed by atoms with van der Waals surface area (Å²) in [5.74, 6) is 1.11. The molecule has 1 N–H and O–H groups in total. The SMILES string of the molecule is CC(C)CC(O)c1ccc(Br)o1. The Bertz CT molecular complexity index is 242. The third-order valence-corrected chi connectivity index (χ3v) is 2.04. The maximum Gasteiger partial charge on any atom is 0.169 e. The molecule has 0 aromatic carbocycles. The van der Waals surface area contributed by atoms with Crippen LogP contribution in [0, 0.1) is 5.92 Å². The number of aliphatic hydroxyl groups is 1. The molecule has 1 aromatic heterocycles. The van der Waals surface area contributed by atoms with Crippen LogP contribution in [0.15, 0.2) is 21.2 Å². The lowest BCUT2D eigenvalue weighted by Gasteiger charge is -2.09. The number of rotatable bonds is 3. The van der Waals surface area contributed by atoms with Crippen molar-refractivity contribution in [2.75, 3.05) is 0 Å². The minimum absolute atomic E-state index is 0.476. The van der Waals surface area contributed by atoms with Gasteiger partial charge in [-0.1, -0.05) is 13.8 Å². The fraction of sp³-hybridized carbons (Fsp3) is 0.556. The summed E-state index contributed by atoms with van der Waals surface area (Å²) in [6.07, 6.45) is 0.260. The van der Waals surface area contributed by atoms with E-state index in [1.54, 1.807) is 12.1 Å². The number of furan rings is 1. The summed E-state index contributed by atoms with van der Waals surface area (Å²) in [4.78, 5) is 0. The first-order valence-corrected chi connectivity index (χ1v) is 4.82. The predicted molar refractivity (Wildman–Crippen MR) is 50.8 cm³/mol. The van der Waals surface area contributed by atoms with Gasteiger partial charge in [-0.25, -0.2) is 0 Å². The lowest BCUT2D eigenvalue weighted by atomic mass is 10.0. The molecule has 1 unspecified atom stereocenters. The molecule has 1 rings (SSSR count). The van der Waals surface area contributed by atoms with Crippen molar-refractivity contribution in [3.8, 4) is 0 Å². The van der Waals surface area contributed by atoms with Gasteiger partial charge in [0.05, 0.1) is 0 Å². The van der Waals surface area contributed by atoms with Gasteiger partial charge in [-0.2, -0.15) is 0 Å². The van der Waals surface area contributed by atoms with E-state index in [1.165, 1.54) is 0 Å². The van der Waals surface area contributed by atoms with Gasteiger partial charge in [0.1, 0.15) is 11.9 Å². The van der Waals surface area contributed by atoms with E-state index in [2.05, 4.69) is 29.8 Å². The molecule has 0 bridgehead atoms. The zero-order valence-electron chi connectivity index (χ0n) is 7.25. The Morgan fingerprint density at radius 2 is 2.17 bits per heavy atom. The van der Waals surface area contributed by atoms with Gasteiger partial charge in [0, 0.05) is 0 Å². The van der Waals surface area contributed by atoms with Crippen LogP contribution in [0.5, 0.6) is 0 Å².